The molecule has 0 aromatic heterocycles. The predicted molar refractivity (Wildman–Crippen MR) is 63.1 cm³/mol. The summed E-state index contributed by atoms with van der Waals surface area (Å²) >= 11 is 0. The molecule has 0 saturated heterocycles. The Bertz CT molecular complexity index is 397. The number of methoxy groups -OCH3 is 1. The summed E-state index contributed by atoms with van der Waals surface area (Å²) in [6.07, 6.45) is 4.34. The molecule has 17 heavy (non-hydrogen) atoms. The molecule has 1 atom stereocenters. The number of carbonyl (C=O) groups excluding carboxylic acids is 1. The minimum atomic E-state index is -0.307. The second-order valence-corrected chi connectivity index (χ2v) is 4.60. The first-order valence-corrected chi connectivity index (χ1v) is 6.05. The highest BCUT2D eigenvalue weighted by atomic mass is 19.1. The van der Waals surface area contributed by atoms with Crippen molar-refractivity contribution in [2.24, 2.45) is 5.92 Å². The number of halogens is 1. The van der Waals surface area contributed by atoms with Gasteiger partial charge in [-0.2, -0.15) is 0 Å². The number of carbonyl (C=O) groups is 1. The number of esters is 1. The zero-order valence-corrected chi connectivity index (χ0v) is 9.99. The quantitative estimate of drug-likeness (QED) is 0.753. The molecule has 0 aliphatic heterocycles. The molecule has 1 saturated carbocycles. The van der Waals surface area contributed by atoms with E-state index in [2.05, 4.69) is 0 Å². The lowest BCUT2D eigenvalue weighted by Gasteiger charge is -2.21. The van der Waals surface area contributed by atoms with Crippen LogP contribution >= 0.6 is 0 Å². The van der Waals surface area contributed by atoms with Gasteiger partial charge in [-0.1, -0.05) is 25.0 Å². The van der Waals surface area contributed by atoms with Crippen LogP contribution in [0.1, 0.15) is 37.2 Å². The van der Waals surface area contributed by atoms with Gasteiger partial charge in [-0.05, 0) is 36.5 Å². The maximum Gasteiger partial charge on any atom is 0.313 e. The van der Waals surface area contributed by atoms with E-state index in [-0.39, 0.29) is 17.7 Å². The summed E-state index contributed by atoms with van der Waals surface area (Å²) in [4.78, 5) is 11.9. The van der Waals surface area contributed by atoms with E-state index in [1.807, 2.05) is 6.07 Å². The molecule has 1 fully saturated rings. The zero-order valence-electron chi connectivity index (χ0n) is 9.99. The smallest absolute Gasteiger partial charge is 0.313 e. The summed E-state index contributed by atoms with van der Waals surface area (Å²) in [5.74, 6) is -0.556. The van der Waals surface area contributed by atoms with Crippen LogP contribution in [0.3, 0.4) is 0 Å². The minimum Gasteiger partial charge on any atom is -0.469 e. The normalized spacial score (nSPS) is 18.0. The first-order chi connectivity index (χ1) is 8.22. The average molecular weight is 236 g/mol. The second-order valence-electron chi connectivity index (χ2n) is 4.60. The Labute approximate surface area is 101 Å². The fourth-order valence-corrected chi connectivity index (χ4v) is 2.72. The van der Waals surface area contributed by atoms with Crippen LogP contribution in [0.5, 0.6) is 0 Å². The molecule has 0 amide bonds. The number of ether oxygens (including phenoxy) is 1. The summed E-state index contributed by atoms with van der Waals surface area (Å²) in [7, 11) is 1.39. The third-order valence-electron chi connectivity index (χ3n) is 3.53. The molecule has 3 heteroatoms. The van der Waals surface area contributed by atoms with Gasteiger partial charge in [-0.15, -0.1) is 0 Å². The fourth-order valence-electron chi connectivity index (χ4n) is 2.72. The van der Waals surface area contributed by atoms with Crippen molar-refractivity contribution >= 4 is 5.97 Å². The van der Waals surface area contributed by atoms with Gasteiger partial charge < -0.3 is 4.74 Å². The lowest BCUT2D eigenvalue weighted by molar-refractivity contribution is -0.143. The van der Waals surface area contributed by atoms with E-state index in [1.165, 1.54) is 19.2 Å². The lowest BCUT2D eigenvalue weighted by Crippen LogP contribution is -2.21. The number of hydrogen-bond donors (Lipinski definition) is 0. The van der Waals surface area contributed by atoms with E-state index in [0.717, 1.165) is 31.2 Å². The fraction of sp³-hybridized carbons (Fsp3) is 0.500. The second kappa shape index (κ2) is 5.30. The molecule has 1 aromatic carbocycles. The largest absolute Gasteiger partial charge is 0.469 e. The highest BCUT2D eigenvalue weighted by molar-refractivity contribution is 5.78. The summed E-state index contributed by atoms with van der Waals surface area (Å²) < 4.78 is 18.1. The highest BCUT2D eigenvalue weighted by Crippen LogP contribution is 2.38. The standard InChI is InChI=1S/C14H17FO2/c1-17-14(16)13(10-5-2-3-6-10)11-7-4-8-12(15)9-11/h4,7-10,13H,2-3,5-6H2,1H3/t13-/m0/s1. The SMILES string of the molecule is COC(=O)[C@H](c1cccc(F)c1)C1CCCC1. The van der Waals surface area contributed by atoms with E-state index < -0.39 is 0 Å². The molecule has 0 bridgehead atoms. The van der Waals surface area contributed by atoms with Crippen LogP contribution in [0.25, 0.3) is 0 Å². The van der Waals surface area contributed by atoms with Crippen LogP contribution in [0.2, 0.25) is 0 Å². The van der Waals surface area contributed by atoms with E-state index in [0.29, 0.717) is 5.92 Å². The summed E-state index contributed by atoms with van der Waals surface area (Å²) in [6.45, 7) is 0. The summed E-state index contributed by atoms with van der Waals surface area (Å²) in [6, 6.07) is 6.30. The molecule has 1 aliphatic rings. The number of rotatable bonds is 3. The molecule has 0 unspecified atom stereocenters. The Kier molecular flexibility index (Phi) is 3.77. The van der Waals surface area contributed by atoms with Gasteiger partial charge in [0.2, 0.25) is 0 Å². The van der Waals surface area contributed by atoms with E-state index in [1.54, 1.807) is 6.07 Å². The molecule has 2 nitrogen and oxygen atoms in total. The highest BCUT2D eigenvalue weighted by Gasteiger charge is 2.32. The van der Waals surface area contributed by atoms with Gasteiger partial charge in [-0.25, -0.2) is 4.39 Å². The van der Waals surface area contributed by atoms with Crippen LogP contribution < -0.4 is 0 Å². The predicted octanol–water partition coefficient (Wildman–Crippen LogP) is 3.27. The zero-order chi connectivity index (χ0) is 12.3. The summed E-state index contributed by atoms with van der Waals surface area (Å²) in [5.41, 5.74) is 0.740. The van der Waals surface area contributed by atoms with E-state index in [9.17, 15) is 9.18 Å². The maximum absolute atomic E-state index is 13.2. The first-order valence-electron chi connectivity index (χ1n) is 6.05. The van der Waals surface area contributed by atoms with E-state index in [4.69, 9.17) is 4.74 Å². The molecule has 1 aromatic rings. The van der Waals surface area contributed by atoms with Crippen LogP contribution in [0.15, 0.2) is 24.3 Å². The van der Waals surface area contributed by atoms with Crippen molar-refractivity contribution in [3.8, 4) is 0 Å². The van der Waals surface area contributed by atoms with Crippen molar-refractivity contribution in [3.63, 3.8) is 0 Å². The van der Waals surface area contributed by atoms with Gasteiger partial charge in [0.1, 0.15) is 5.82 Å². The number of benzene rings is 1. The Morgan fingerprint density at radius 1 is 1.41 bits per heavy atom. The van der Waals surface area contributed by atoms with Gasteiger partial charge in [0.25, 0.3) is 0 Å². The minimum absolute atomic E-state index is 0.248. The summed E-state index contributed by atoms with van der Waals surface area (Å²) in [5, 5.41) is 0. The van der Waals surface area contributed by atoms with Crippen LogP contribution in [-0.2, 0) is 9.53 Å². The van der Waals surface area contributed by atoms with Crippen molar-refractivity contribution < 1.29 is 13.9 Å². The maximum atomic E-state index is 13.2. The van der Waals surface area contributed by atoms with Gasteiger partial charge in [0.05, 0.1) is 13.0 Å². The Morgan fingerprint density at radius 3 is 2.71 bits per heavy atom. The molecule has 2 rings (SSSR count). The molecule has 0 radical (unpaired) electrons. The van der Waals surface area contributed by atoms with Gasteiger partial charge in [0, 0.05) is 0 Å². The lowest BCUT2D eigenvalue weighted by atomic mass is 9.85. The molecule has 0 N–H and O–H groups in total. The molecular weight excluding hydrogens is 219 g/mol. The third-order valence-corrected chi connectivity index (χ3v) is 3.53. The van der Waals surface area contributed by atoms with Crippen molar-refractivity contribution in [2.75, 3.05) is 7.11 Å². The van der Waals surface area contributed by atoms with Gasteiger partial charge >= 0.3 is 5.97 Å². The van der Waals surface area contributed by atoms with Crippen LogP contribution in [-0.4, -0.2) is 13.1 Å². The molecule has 0 spiro atoms. The molecule has 92 valence electrons. The van der Waals surface area contributed by atoms with Crippen molar-refractivity contribution in [3.05, 3.63) is 35.6 Å². The van der Waals surface area contributed by atoms with Crippen molar-refractivity contribution in [2.45, 2.75) is 31.6 Å². The Balaban J connectivity index is 2.29. The van der Waals surface area contributed by atoms with Crippen molar-refractivity contribution in [1.29, 1.82) is 0 Å². The van der Waals surface area contributed by atoms with Gasteiger partial charge in [0.15, 0.2) is 0 Å². The monoisotopic (exact) mass is 236 g/mol. The molecule has 0 heterocycles. The number of hydrogen-bond acceptors (Lipinski definition) is 2. The van der Waals surface area contributed by atoms with Gasteiger partial charge in [-0.3, -0.25) is 4.79 Å². The molecule has 1 aliphatic carbocycles. The Morgan fingerprint density at radius 2 is 2.12 bits per heavy atom. The average Bonchev–Trinajstić information content (AvgIpc) is 2.83. The first kappa shape index (κ1) is 12.1. The third kappa shape index (κ3) is 2.65. The topological polar surface area (TPSA) is 26.3 Å². The van der Waals surface area contributed by atoms with Crippen LogP contribution in [0, 0.1) is 11.7 Å². The van der Waals surface area contributed by atoms with Crippen molar-refractivity contribution in [1.82, 2.24) is 0 Å². The van der Waals surface area contributed by atoms with Crippen LogP contribution in [0.4, 0.5) is 4.39 Å². The molecular formula is C14H17FO2. The Hall–Kier alpha value is -1.38. The van der Waals surface area contributed by atoms with E-state index >= 15 is 0 Å².